The Balaban J connectivity index is 2.98. The zero-order valence-electron chi connectivity index (χ0n) is 5.73. The van der Waals surface area contributed by atoms with Gasteiger partial charge in [0.05, 0.1) is 0 Å². The van der Waals surface area contributed by atoms with Crippen molar-refractivity contribution in [3.8, 4) is 0 Å². The van der Waals surface area contributed by atoms with Crippen LogP contribution in [-0.4, -0.2) is 14.3 Å². The molecular formula is C5H8N6. The molecule has 0 saturated heterocycles. The van der Waals surface area contributed by atoms with E-state index < -0.39 is 0 Å². The van der Waals surface area contributed by atoms with Crippen LogP contribution in [0, 0.1) is 0 Å². The normalized spacial score (nSPS) is 10.9. The third kappa shape index (κ3) is 0.575. The van der Waals surface area contributed by atoms with Gasteiger partial charge in [0.25, 0.3) is 0 Å². The predicted molar refractivity (Wildman–Crippen MR) is 42.2 cm³/mol. The summed E-state index contributed by atoms with van der Waals surface area (Å²) in [5.41, 5.74) is 11.7. The summed E-state index contributed by atoms with van der Waals surface area (Å²) in [4.78, 5) is 5.16. The van der Waals surface area contributed by atoms with E-state index in [0.29, 0.717) is 11.8 Å². The SMILES string of the molecule is Nc1nc(N)n2c1ccn2N. The molecule has 0 aliphatic carbocycles. The monoisotopic (exact) mass is 152 g/mol. The first-order valence-electron chi connectivity index (χ1n) is 3.06. The van der Waals surface area contributed by atoms with E-state index in [2.05, 4.69) is 4.98 Å². The third-order valence-electron chi connectivity index (χ3n) is 1.56. The van der Waals surface area contributed by atoms with Crippen molar-refractivity contribution in [1.82, 2.24) is 14.3 Å². The van der Waals surface area contributed by atoms with Crippen LogP contribution in [0.5, 0.6) is 0 Å². The van der Waals surface area contributed by atoms with Crippen LogP contribution in [0.15, 0.2) is 12.3 Å². The summed E-state index contributed by atoms with van der Waals surface area (Å²) >= 11 is 0. The standard InChI is InChI=1S/C5H8N6/c6-4-3-1-2-10(8)11(3)5(7)9-4/h1-2H,6,8H2,(H2,7,9). The maximum absolute atomic E-state index is 5.51. The molecular weight excluding hydrogens is 144 g/mol. The largest absolute Gasteiger partial charge is 0.382 e. The Labute approximate surface area is 62.1 Å². The number of anilines is 2. The lowest BCUT2D eigenvalue weighted by Crippen LogP contribution is -2.14. The van der Waals surface area contributed by atoms with Crippen LogP contribution in [0.2, 0.25) is 0 Å². The maximum atomic E-state index is 5.51. The summed E-state index contributed by atoms with van der Waals surface area (Å²) in [6.45, 7) is 0. The second-order valence-electron chi connectivity index (χ2n) is 2.25. The predicted octanol–water partition coefficient (Wildman–Crippen LogP) is -0.986. The number of hydrogen-bond donors (Lipinski definition) is 3. The third-order valence-corrected chi connectivity index (χ3v) is 1.56. The van der Waals surface area contributed by atoms with Crippen molar-refractivity contribution in [1.29, 1.82) is 0 Å². The number of nitrogen functional groups attached to an aromatic ring is 3. The van der Waals surface area contributed by atoms with Gasteiger partial charge in [-0.05, 0) is 6.07 Å². The first-order chi connectivity index (χ1) is 5.20. The average Bonchev–Trinajstić information content (AvgIpc) is 2.41. The molecule has 0 aliphatic heterocycles. The van der Waals surface area contributed by atoms with Gasteiger partial charge in [0.2, 0.25) is 5.95 Å². The van der Waals surface area contributed by atoms with Crippen molar-refractivity contribution in [3.63, 3.8) is 0 Å². The molecule has 0 bridgehead atoms. The Hall–Kier alpha value is -1.85. The fraction of sp³-hybridized carbons (Fsp3) is 0. The molecule has 6 heteroatoms. The first kappa shape index (κ1) is 5.90. The van der Waals surface area contributed by atoms with Gasteiger partial charge in [0, 0.05) is 6.20 Å². The van der Waals surface area contributed by atoms with Gasteiger partial charge in [-0.25, -0.2) is 4.79 Å². The number of aromatic nitrogens is 3. The molecule has 0 aromatic carbocycles. The van der Waals surface area contributed by atoms with Gasteiger partial charge in [0.1, 0.15) is 5.52 Å². The van der Waals surface area contributed by atoms with Gasteiger partial charge < -0.3 is 17.3 Å². The van der Waals surface area contributed by atoms with Crippen LogP contribution in [0.25, 0.3) is 5.52 Å². The zero-order valence-corrected chi connectivity index (χ0v) is 5.73. The molecule has 0 unspecified atom stereocenters. The molecule has 0 spiro atoms. The molecule has 11 heavy (non-hydrogen) atoms. The Morgan fingerprint density at radius 2 is 2.09 bits per heavy atom. The van der Waals surface area contributed by atoms with Crippen LogP contribution in [-0.2, 0) is 0 Å². The highest BCUT2D eigenvalue weighted by Gasteiger charge is 2.07. The Bertz CT molecular complexity index is 396. The van der Waals surface area contributed by atoms with Crippen molar-refractivity contribution in [2.75, 3.05) is 17.3 Å². The number of hydrogen-bond acceptors (Lipinski definition) is 4. The van der Waals surface area contributed by atoms with E-state index in [-0.39, 0.29) is 0 Å². The van der Waals surface area contributed by atoms with Crippen molar-refractivity contribution in [2.45, 2.75) is 0 Å². The highest BCUT2D eigenvalue weighted by molar-refractivity contribution is 5.68. The summed E-state index contributed by atoms with van der Waals surface area (Å²) in [6.07, 6.45) is 1.66. The molecule has 2 heterocycles. The lowest BCUT2D eigenvalue weighted by Gasteiger charge is -1.94. The topological polar surface area (TPSA) is 100 Å². The summed E-state index contributed by atoms with van der Waals surface area (Å²) in [5, 5.41) is 0. The zero-order chi connectivity index (χ0) is 8.01. The average molecular weight is 152 g/mol. The van der Waals surface area contributed by atoms with Crippen LogP contribution in [0.4, 0.5) is 11.8 Å². The van der Waals surface area contributed by atoms with E-state index in [1.807, 2.05) is 0 Å². The smallest absolute Gasteiger partial charge is 0.223 e. The Morgan fingerprint density at radius 3 is 2.73 bits per heavy atom. The van der Waals surface area contributed by atoms with E-state index >= 15 is 0 Å². The minimum absolute atomic E-state index is 0.296. The molecule has 0 atom stereocenters. The van der Waals surface area contributed by atoms with Gasteiger partial charge in [-0.15, -0.1) is 0 Å². The van der Waals surface area contributed by atoms with E-state index in [1.165, 1.54) is 9.31 Å². The summed E-state index contributed by atoms with van der Waals surface area (Å²) in [7, 11) is 0. The quantitative estimate of drug-likeness (QED) is 0.422. The molecule has 6 nitrogen and oxygen atoms in total. The second-order valence-corrected chi connectivity index (χ2v) is 2.25. The van der Waals surface area contributed by atoms with Gasteiger partial charge in [-0.2, -0.15) is 9.50 Å². The molecule has 6 N–H and O–H groups in total. The molecule has 2 rings (SSSR count). The molecule has 2 aromatic rings. The van der Waals surface area contributed by atoms with Crippen LogP contribution < -0.4 is 17.3 Å². The second kappa shape index (κ2) is 1.60. The van der Waals surface area contributed by atoms with Crippen molar-refractivity contribution in [2.24, 2.45) is 0 Å². The van der Waals surface area contributed by atoms with Gasteiger partial charge in [-0.1, -0.05) is 0 Å². The van der Waals surface area contributed by atoms with Gasteiger partial charge in [0.15, 0.2) is 5.82 Å². The lowest BCUT2D eigenvalue weighted by atomic mass is 10.5. The van der Waals surface area contributed by atoms with E-state index in [9.17, 15) is 0 Å². The molecule has 0 aliphatic rings. The van der Waals surface area contributed by atoms with Crippen molar-refractivity contribution in [3.05, 3.63) is 12.3 Å². The van der Waals surface area contributed by atoms with Crippen molar-refractivity contribution >= 4 is 17.3 Å². The van der Waals surface area contributed by atoms with Gasteiger partial charge in [-0.3, -0.25) is 0 Å². The molecule has 0 radical (unpaired) electrons. The maximum Gasteiger partial charge on any atom is 0.223 e. The molecule has 58 valence electrons. The lowest BCUT2D eigenvalue weighted by molar-refractivity contribution is 0.766. The molecule has 0 saturated carbocycles. The first-order valence-corrected chi connectivity index (χ1v) is 3.06. The molecule has 2 aromatic heterocycles. The summed E-state index contributed by atoms with van der Waals surface area (Å²) in [6, 6.07) is 1.75. The summed E-state index contributed by atoms with van der Waals surface area (Å²) in [5.74, 6) is 6.19. The molecule has 0 fully saturated rings. The van der Waals surface area contributed by atoms with E-state index in [4.69, 9.17) is 17.3 Å². The Kier molecular flexibility index (Phi) is 0.857. The number of rotatable bonds is 0. The van der Waals surface area contributed by atoms with Gasteiger partial charge >= 0.3 is 0 Å². The Morgan fingerprint density at radius 1 is 1.36 bits per heavy atom. The van der Waals surface area contributed by atoms with Crippen LogP contribution in [0.1, 0.15) is 0 Å². The number of fused-ring (bicyclic) bond motifs is 1. The molecule has 0 amide bonds. The number of nitrogens with two attached hydrogens (primary N) is 3. The minimum atomic E-state index is 0.296. The van der Waals surface area contributed by atoms with Crippen LogP contribution in [0.3, 0.4) is 0 Å². The fourth-order valence-electron chi connectivity index (χ4n) is 1.07. The summed E-state index contributed by atoms with van der Waals surface area (Å²) < 4.78 is 1.52. The highest BCUT2D eigenvalue weighted by Crippen LogP contribution is 2.15. The van der Waals surface area contributed by atoms with Crippen molar-refractivity contribution < 1.29 is 0 Å². The number of nitrogens with zero attached hydrogens (tertiary/aromatic N) is 3. The number of imidazole rings is 1. The highest BCUT2D eigenvalue weighted by atomic mass is 15.5. The fourth-order valence-corrected chi connectivity index (χ4v) is 1.07. The van der Waals surface area contributed by atoms with E-state index in [0.717, 1.165) is 5.52 Å². The minimum Gasteiger partial charge on any atom is -0.382 e. The van der Waals surface area contributed by atoms with E-state index in [1.54, 1.807) is 12.3 Å². The van der Waals surface area contributed by atoms with Crippen LogP contribution >= 0.6 is 0 Å².